The van der Waals surface area contributed by atoms with Gasteiger partial charge in [-0.25, -0.2) is 8.42 Å². The number of hydrogen-bond donors (Lipinski definition) is 2. The molecule has 0 aliphatic carbocycles. The minimum Gasteiger partial charge on any atom is -0.744 e. The van der Waals surface area contributed by atoms with E-state index in [1.807, 2.05) is 0 Å². The van der Waals surface area contributed by atoms with Crippen LogP contribution in [0.15, 0.2) is 47.4 Å². The molecule has 2 aromatic carbocycles. The van der Waals surface area contributed by atoms with Crippen LogP contribution < -0.4 is 29.6 Å². The Labute approximate surface area is 132 Å². The van der Waals surface area contributed by atoms with Crippen LogP contribution in [0.1, 0.15) is 0 Å². The molecule has 0 saturated carbocycles. The van der Waals surface area contributed by atoms with Gasteiger partial charge in [-0.15, -0.1) is 0 Å². The molecule has 2 aromatic rings. The molecule has 0 fully saturated rings. The molecule has 0 heterocycles. The molecule has 0 amide bonds. The predicted molar refractivity (Wildman–Crippen MR) is 63.2 cm³/mol. The van der Waals surface area contributed by atoms with Gasteiger partial charge in [0.1, 0.15) is 21.6 Å². The van der Waals surface area contributed by atoms with Gasteiger partial charge in [-0.1, -0.05) is 24.3 Å². The van der Waals surface area contributed by atoms with E-state index >= 15 is 0 Å². The maximum absolute atomic E-state index is 11.1. The monoisotopic (exact) mass is 288 g/mol. The Morgan fingerprint density at radius 3 is 2.05 bits per heavy atom. The van der Waals surface area contributed by atoms with E-state index in [0.717, 1.165) is 6.07 Å². The minimum atomic E-state index is -4.74. The Morgan fingerprint density at radius 1 is 0.895 bits per heavy atom. The molecule has 19 heavy (non-hydrogen) atoms. The summed E-state index contributed by atoms with van der Waals surface area (Å²) >= 11 is 0. The maximum Gasteiger partial charge on any atom is 1.00 e. The first-order valence-corrected chi connectivity index (χ1v) is 6.38. The van der Waals surface area contributed by atoms with E-state index in [1.165, 1.54) is 24.3 Å². The summed E-state index contributed by atoms with van der Waals surface area (Å²) in [7, 11) is -4.74. The SMILES string of the molecule is O=S(=O)([O-])c1cccc(O)c1-c1ccccc1O.[Na+]. The summed E-state index contributed by atoms with van der Waals surface area (Å²) in [4.78, 5) is -0.566. The number of rotatable bonds is 2. The van der Waals surface area contributed by atoms with E-state index in [9.17, 15) is 23.2 Å². The van der Waals surface area contributed by atoms with Crippen molar-refractivity contribution in [3.8, 4) is 22.6 Å². The van der Waals surface area contributed by atoms with Gasteiger partial charge in [0.05, 0.1) is 4.90 Å². The summed E-state index contributed by atoms with van der Waals surface area (Å²) in [5, 5.41) is 19.4. The Kier molecular flexibility index (Phi) is 5.00. The molecular formula is C12H9NaO5S. The first-order chi connectivity index (χ1) is 8.41. The van der Waals surface area contributed by atoms with Gasteiger partial charge in [-0.2, -0.15) is 0 Å². The van der Waals surface area contributed by atoms with Crippen LogP contribution in [0.2, 0.25) is 0 Å². The molecule has 0 unspecified atom stereocenters. The Hall–Kier alpha value is -1.05. The number of phenolic OH excluding ortho intramolecular Hbond substituents is 2. The van der Waals surface area contributed by atoms with Crippen molar-refractivity contribution in [2.75, 3.05) is 0 Å². The van der Waals surface area contributed by atoms with E-state index in [2.05, 4.69) is 0 Å². The minimum absolute atomic E-state index is 0. The summed E-state index contributed by atoms with van der Waals surface area (Å²) in [6, 6.07) is 9.44. The average molecular weight is 288 g/mol. The zero-order chi connectivity index (χ0) is 13.3. The van der Waals surface area contributed by atoms with Gasteiger partial charge in [0.15, 0.2) is 0 Å². The molecule has 0 saturated heterocycles. The Bertz CT molecular complexity index is 697. The van der Waals surface area contributed by atoms with Crippen LogP contribution in [0, 0.1) is 0 Å². The topological polar surface area (TPSA) is 97.7 Å². The summed E-state index contributed by atoms with van der Waals surface area (Å²) in [5.74, 6) is -0.600. The van der Waals surface area contributed by atoms with Crippen molar-refractivity contribution in [2.45, 2.75) is 4.90 Å². The van der Waals surface area contributed by atoms with Gasteiger partial charge < -0.3 is 14.8 Å². The zero-order valence-corrected chi connectivity index (χ0v) is 12.9. The molecule has 0 atom stereocenters. The van der Waals surface area contributed by atoms with Crippen molar-refractivity contribution in [1.82, 2.24) is 0 Å². The van der Waals surface area contributed by atoms with Crippen LogP contribution in [0.3, 0.4) is 0 Å². The number of aromatic hydroxyl groups is 2. The van der Waals surface area contributed by atoms with Crippen LogP contribution in [0.25, 0.3) is 11.1 Å². The van der Waals surface area contributed by atoms with Crippen molar-refractivity contribution < 1.29 is 52.7 Å². The number of benzene rings is 2. The summed E-state index contributed by atoms with van der Waals surface area (Å²) in [5.41, 5.74) is -0.101. The van der Waals surface area contributed by atoms with E-state index in [1.54, 1.807) is 12.1 Å². The van der Waals surface area contributed by atoms with Gasteiger partial charge in [0.2, 0.25) is 0 Å². The molecule has 0 aliphatic heterocycles. The molecule has 0 aromatic heterocycles. The van der Waals surface area contributed by atoms with Crippen LogP contribution in [0.5, 0.6) is 11.5 Å². The van der Waals surface area contributed by atoms with E-state index < -0.39 is 15.0 Å². The molecule has 7 heteroatoms. The second-order valence-electron chi connectivity index (χ2n) is 3.62. The number of hydrogen-bond acceptors (Lipinski definition) is 5. The molecule has 0 aliphatic rings. The molecule has 0 spiro atoms. The number of phenols is 2. The molecule has 2 rings (SSSR count). The van der Waals surface area contributed by atoms with Crippen LogP contribution in [0.4, 0.5) is 0 Å². The molecule has 0 bridgehead atoms. The normalized spacial score (nSPS) is 10.8. The van der Waals surface area contributed by atoms with Gasteiger partial charge in [0.25, 0.3) is 0 Å². The quantitative estimate of drug-likeness (QED) is 0.527. The second-order valence-corrected chi connectivity index (χ2v) is 4.97. The van der Waals surface area contributed by atoms with Gasteiger partial charge in [0, 0.05) is 11.1 Å². The third-order valence-electron chi connectivity index (χ3n) is 2.45. The first-order valence-electron chi connectivity index (χ1n) is 4.97. The third-order valence-corrected chi connectivity index (χ3v) is 3.33. The van der Waals surface area contributed by atoms with Gasteiger partial charge >= 0.3 is 29.6 Å². The fourth-order valence-corrected chi connectivity index (χ4v) is 2.39. The summed E-state index contributed by atoms with van der Waals surface area (Å²) < 4.78 is 33.4. The summed E-state index contributed by atoms with van der Waals surface area (Å²) in [6.07, 6.45) is 0. The molecule has 0 radical (unpaired) electrons. The van der Waals surface area contributed by atoms with Crippen LogP contribution in [-0.4, -0.2) is 23.2 Å². The predicted octanol–water partition coefficient (Wildman–Crippen LogP) is -1.33. The largest absolute Gasteiger partial charge is 1.00 e. The average Bonchev–Trinajstić information content (AvgIpc) is 2.29. The number of para-hydroxylation sites is 1. The van der Waals surface area contributed by atoms with Crippen molar-refractivity contribution in [1.29, 1.82) is 0 Å². The standard InChI is InChI=1S/C12H10O5S.Na/c13-9-5-2-1-4-8(9)12-10(14)6-3-7-11(12)18(15,16)17;/h1-7,13-14H,(H,15,16,17);/q;+1/p-1. The van der Waals surface area contributed by atoms with Crippen molar-refractivity contribution in [3.05, 3.63) is 42.5 Å². The maximum atomic E-state index is 11.1. The Balaban J connectivity index is 0.00000180. The Morgan fingerprint density at radius 2 is 1.47 bits per heavy atom. The van der Waals surface area contributed by atoms with E-state index in [4.69, 9.17) is 0 Å². The fraction of sp³-hybridized carbons (Fsp3) is 0. The molecular weight excluding hydrogens is 279 g/mol. The second kappa shape index (κ2) is 5.94. The van der Waals surface area contributed by atoms with Crippen molar-refractivity contribution in [2.24, 2.45) is 0 Å². The summed E-state index contributed by atoms with van der Waals surface area (Å²) in [6.45, 7) is 0. The molecule has 2 N–H and O–H groups in total. The van der Waals surface area contributed by atoms with E-state index in [-0.39, 0.29) is 52.2 Å². The smallest absolute Gasteiger partial charge is 0.744 e. The van der Waals surface area contributed by atoms with Crippen molar-refractivity contribution >= 4 is 10.1 Å². The van der Waals surface area contributed by atoms with Gasteiger partial charge in [-0.05, 0) is 18.2 Å². The molecule has 5 nitrogen and oxygen atoms in total. The van der Waals surface area contributed by atoms with Gasteiger partial charge in [-0.3, -0.25) is 0 Å². The van der Waals surface area contributed by atoms with E-state index in [0.29, 0.717) is 0 Å². The third kappa shape index (κ3) is 3.29. The molecule has 94 valence electrons. The zero-order valence-electron chi connectivity index (χ0n) is 10.1. The van der Waals surface area contributed by atoms with Crippen LogP contribution in [-0.2, 0) is 10.1 Å². The van der Waals surface area contributed by atoms with Crippen molar-refractivity contribution in [3.63, 3.8) is 0 Å². The fourth-order valence-electron chi connectivity index (χ4n) is 1.68. The first kappa shape index (κ1) is 16.0. The van der Waals surface area contributed by atoms with Crippen LogP contribution >= 0.6 is 0 Å².